The molecule has 0 aromatic heterocycles. The lowest BCUT2D eigenvalue weighted by atomic mass is 10.1. The molecule has 10 heavy (non-hydrogen) atoms. The van der Waals surface area contributed by atoms with E-state index in [9.17, 15) is 4.79 Å². The van der Waals surface area contributed by atoms with E-state index in [4.69, 9.17) is 0 Å². The molecule has 0 saturated carbocycles. The zero-order chi connectivity index (χ0) is 7.40. The van der Waals surface area contributed by atoms with Crippen LogP contribution in [0.3, 0.4) is 0 Å². The number of likely N-dealkylation sites (tertiary alicyclic amines) is 1. The summed E-state index contributed by atoms with van der Waals surface area (Å²) in [5, 5.41) is 0. The first kappa shape index (κ1) is 7.73. The first-order valence-corrected chi connectivity index (χ1v) is 3.98. The van der Waals surface area contributed by atoms with Crippen molar-refractivity contribution in [2.45, 2.75) is 31.7 Å². The van der Waals surface area contributed by atoms with Gasteiger partial charge in [0.05, 0.1) is 0 Å². The van der Waals surface area contributed by atoms with E-state index in [1.165, 1.54) is 19.4 Å². The summed E-state index contributed by atoms with van der Waals surface area (Å²) in [5.41, 5.74) is 0. The highest BCUT2D eigenvalue weighted by Gasteiger charge is 2.19. The van der Waals surface area contributed by atoms with Crippen LogP contribution in [0.15, 0.2) is 0 Å². The Hall–Kier alpha value is -0.370. The van der Waals surface area contributed by atoms with Gasteiger partial charge in [0.15, 0.2) is 0 Å². The van der Waals surface area contributed by atoms with Crippen LogP contribution in [0, 0.1) is 0 Å². The van der Waals surface area contributed by atoms with Gasteiger partial charge < -0.3 is 9.69 Å². The molecule has 0 amide bonds. The second-order valence-electron chi connectivity index (χ2n) is 3.02. The molecule has 0 bridgehead atoms. The summed E-state index contributed by atoms with van der Waals surface area (Å²) in [6.07, 6.45) is 5.39. The largest absolute Gasteiger partial charge is 0.303 e. The van der Waals surface area contributed by atoms with Crippen molar-refractivity contribution in [1.82, 2.24) is 4.90 Å². The van der Waals surface area contributed by atoms with Gasteiger partial charge in [-0.2, -0.15) is 0 Å². The summed E-state index contributed by atoms with van der Waals surface area (Å²) < 4.78 is 0. The molecule has 1 rings (SSSR count). The minimum Gasteiger partial charge on any atom is -0.303 e. The molecule has 1 saturated heterocycles. The Morgan fingerprint density at radius 2 is 2.50 bits per heavy atom. The van der Waals surface area contributed by atoms with E-state index in [1.54, 1.807) is 0 Å². The number of hydrogen-bond donors (Lipinski definition) is 0. The highest BCUT2D eigenvalue weighted by atomic mass is 16.1. The van der Waals surface area contributed by atoms with E-state index in [0.717, 1.165) is 19.1 Å². The molecule has 0 aromatic carbocycles. The summed E-state index contributed by atoms with van der Waals surface area (Å²) in [5.74, 6) is 0. The molecule has 58 valence electrons. The van der Waals surface area contributed by atoms with Gasteiger partial charge in [-0.15, -0.1) is 0 Å². The molecule has 0 N–H and O–H groups in total. The summed E-state index contributed by atoms with van der Waals surface area (Å²) in [7, 11) is 2.14. The lowest BCUT2D eigenvalue weighted by Gasteiger charge is -2.17. The lowest BCUT2D eigenvalue weighted by molar-refractivity contribution is -0.108. The maximum absolute atomic E-state index is 10.0. The fourth-order valence-corrected chi connectivity index (χ4v) is 1.60. The molecular formula is C8H15NO. The van der Waals surface area contributed by atoms with Gasteiger partial charge in [-0.05, 0) is 32.9 Å². The fraction of sp³-hybridized carbons (Fsp3) is 0.875. The Morgan fingerprint density at radius 3 is 3.00 bits per heavy atom. The van der Waals surface area contributed by atoms with E-state index in [-0.39, 0.29) is 0 Å². The molecule has 0 aliphatic carbocycles. The summed E-state index contributed by atoms with van der Waals surface area (Å²) >= 11 is 0. The van der Waals surface area contributed by atoms with Crippen molar-refractivity contribution in [3.8, 4) is 0 Å². The molecule has 0 radical (unpaired) electrons. The van der Waals surface area contributed by atoms with E-state index in [1.807, 2.05) is 0 Å². The van der Waals surface area contributed by atoms with Crippen molar-refractivity contribution >= 4 is 6.29 Å². The van der Waals surface area contributed by atoms with E-state index in [2.05, 4.69) is 11.9 Å². The predicted molar refractivity (Wildman–Crippen MR) is 41.0 cm³/mol. The number of nitrogens with zero attached hydrogens (tertiary/aromatic N) is 1. The second kappa shape index (κ2) is 3.71. The quantitative estimate of drug-likeness (QED) is 0.548. The van der Waals surface area contributed by atoms with Gasteiger partial charge in [-0.3, -0.25) is 0 Å². The maximum atomic E-state index is 10.0. The molecule has 1 aliphatic heterocycles. The minimum atomic E-state index is 0.685. The van der Waals surface area contributed by atoms with Gasteiger partial charge in [0.25, 0.3) is 0 Å². The third kappa shape index (κ3) is 1.81. The molecule has 1 atom stereocenters. The topological polar surface area (TPSA) is 20.3 Å². The highest BCUT2D eigenvalue weighted by Crippen LogP contribution is 2.18. The molecular weight excluding hydrogens is 126 g/mol. The zero-order valence-corrected chi connectivity index (χ0v) is 6.55. The van der Waals surface area contributed by atoms with Crippen molar-refractivity contribution in [1.29, 1.82) is 0 Å². The lowest BCUT2D eigenvalue weighted by Crippen LogP contribution is -2.24. The Morgan fingerprint density at radius 1 is 1.70 bits per heavy atom. The van der Waals surface area contributed by atoms with Crippen molar-refractivity contribution in [3.05, 3.63) is 0 Å². The molecule has 1 heterocycles. The fourth-order valence-electron chi connectivity index (χ4n) is 1.60. The van der Waals surface area contributed by atoms with Crippen LogP contribution in [0.1, 0.15) is 25.7 Å². The first-order chi connectivity index (χ1) is 4.84. The minimum absolute atomic E-state index is 0.685. The van der Waals surface area contributed by atoms with Crippen LogP contribution in [0.25, 0.3) is 0 Å². The van der Waals surface area contributed by atoms with Gasteiger partial charge in [-0.25, -0.2) is 0 Å². The van der Waals surface area contributed by atoms with Crippen LogP contribution in [0.5, 0.6) is 0 Å². The van der Waals surface area contributed by atoms with Crippen LogP contribution in [-0.4, -0.2) is 30.8 Å². The van der Waals surface area contributed by atoms with Crippen LogP contribution < -0.4 is 0 Å². The van der Waals surface area contributed by atoms with Crippen LogP contribution in [-0.2, 0) is 4.79 Å². The normalized spacial score (nSPS) is 27.1. The van der Waals surface area contributed by atoms with E-state index in [0.29, 0.717) is 6.04 Å². The van der Waals surface area contributed by atoms with Gasteiger partial charge >= 0.3 is 0 Å². The average Bonchev–Trinajstić information content (AvgIpc) is 2.31. The Labute approximate surface area is 62.2 Å². The van der Waals surface area contributed by atoms with Crippen molar-refractivity contribution in [3.63, 3.8) is 0 Å². The number of carbonyl (C=O) groups excluding carboxylic acids is 1. The van der Waals surface area contributed by atoms with Crippen LogP contribution in [0.4, 0.5) is 0 Å². The van der Waals surface area contributed by atoms with Gasteiger partial charge in [0.1, 0.15) is 6.29 Å². The number of aldehydes is 1. The van der Waals surface area contributed by atoms with Crippen LogP contribution >= 0.6 is 0 Å². The van der Waals surface area contributed by atoms with Crippen molar-refractivity contribution in [2.75, 3.05) is 13.6 Å². The average molecular weight is 141 g/mol. The Bertz CT molecular complexity index is 114. The highest BCUT2D eigenvalue weighted by molar-refractivity contribution is 5.49. The maximum Gasteiger partial charge on any atom is 0.120 e. The third-order valence-corrected chi connectivity index (χ3v) is 2.29. The molecule has 1 unspecified atom stereocenters. The first-order valence-electron chi connectivity index (χ1n) is 3.98. The zero-order valence-electron chi connectivity index (χ0n) is 6.55. The molecule has 0 aromatic rings. The van der Waals surface area contributed by atoms with E-state index < -0.39 is 0 Å². The summed E-state index contributed by atoms with van der Waals surface area (Å²) in [4.78, 5) is 12.4. The molecule has 1 fully saturated rings. The Kier molecular flexibility index (Phi) is 2.87. The molecule has 2 nitrogen and oxygen atoms in total. The Balaban J connectivity index is 2.19. The summed E-state index contributed by atoms with van der Waals surface area (Å²) in [6, 6.07) is 0.685. The molecule has 2 heteroatoms. The van der Waals surface area contributed by atoms with Gasteiger partial charge in [-0.1, -0.05) is 0 Å². The molecule has 1 aliphatic rings. The predicted octanol–water partition coefficient (Wildman–Crippen LogP) is 1.06. The van der Waals surface area contributed by atoms with Crippen molar-refractivity contribution < 1.29 is 4.79 Å². The van der Waals surface area contributed by atoms with Crippen molar-refractivity contribution in [2.24, 2.45) is 0 Å². The second-order valence-corrected chi connectivity index (χ2v) is 3.02. The van der Waals surface area contributed by atoms with E-state index >= 15 is 0 Å². The smallest absolute Gasteiger partial charge is 0.120 e. The van der Waals surface area contributed by atoms with Gasteiger partial charge in [0, 0.05) is 12.5 Å². The SMILES string of the molecule is CN1CCCC1CCC=O. The molecule has 0 spiro atoms. The monoisotopic (exact) mass is 141 g/mol. The summed E-state index contributed by atoms with van der Waals surface area (Å²) in [6.45, 7) is 1.21. The third-order valence-electron chi connectivity index (χ3n) is 2.29. The number of carbonyl (C=O) groups is 1. The number of hydrogen-bond acceptors (Lipinski definition) is 2. The van der Waals surface area contributed by atoms with Gasteiger partial charge in [0.2, 0.25) is 0 Å². The van der Waals surface area contributed by atoms with Crippen LogP contribution in [0.2, 0.25) is 0 Å². The number of rotatable bonds is 3. The standard InChI is InChI=1S/C8H15NO/c1-9-6-2-4-8(9)5-3-7-10/h7-8H,2-6H2,1H3.